The SMILES string of the molecule is C1=CC(N(c2ccc3ccccc3c2)c2cccc3c2-c2cccc4cc5ccccc5c-3c24)Cc2c1c1ccccc1n2-c1ccccc1. The zero-order valence-corrected chi connectivity index (χ0v) is 27.4. The summed E-state index contributed by atoms with van der Waals surface area (Å²) in [5.74, 6) is 0. The number of rotatable bonds is 4. The number of anilines is 2. The molecule has 0 saturated heterocycles. The summed E-state index contributed by atoms with van der Waals surface area (Å²) in [6.45, 7) is 0. The Morgan fingerprint density at radius 2 is 1.24 bits per heavy atom. The van der Waals surface area contributed by atoms with Gasteiger partial charge in [0.2, 0.25) is 0 Å². The molecule has 9 aromatic rings. The van der Waals surface area contributed by atoms with E-state index in [9.17, 15) is 0 Å². The molecule has 0 N–H and O–H groups in total. The van der Waals surface area contributed by atoms with E-state index < -0.39 is 0 Å². The Bertz CT molecular complexity index is 2860. The van der Waals surface area contributed by atoms with E-state index in [-0.39, 0.29) is 6.04 Å². The molecule has 2 nitrogen and oxygen atoms in total. The molecule has 0 saturated carbocycles. The molecule has 0 fully saturated rings. The summed E-state index contributed by atoms with van der Waals surface area (Å²) in [6.07, 6.45) is 5.69. The van der Waals surface area contributed by atoms with Crippen LogP contribution >= 0.6 is 0 Å². The van der Waals surface area contributed by atoms with Gasteiger partial charge in [-0.1, -0.05) is 133 Å². The van der Waals surface area contributed by atoms with Gasteiger partial charge in [0.1, 0.15) is 0 Å². The standard InChI is InChI=1S/C48H32N2/c1-2-16-35(17-3-1)50-43-22-9-8-19-39(43)40-27-26-37(30-45(40)50)49(36-25-24-31-12-4-5-13-32(31)29-36)44-23-11-21-42-47(44)41-20-10-15-34-28-33-14-6-7-18-38(33)48(42)46(34)41/h1-29,37H,30H2. The zero-order valence-electron chi connectivity index (χ0n) is 27.4. The first-order valence-corrected chi connectivity index (χ1v) is 17.5. The molecule has 2 aliphatic rings. The molecule has 0 aliphatic heterocycles. The average molecular weight is 637 g/mol. The molecule has 0 bridgehead atoms. The van der Waals surface area contributed by atoms with Crippen molar-refractivity contribution in [3.8, 4) is 27.9 Å². The minimum absolute atomic E-state index is 0.0848. The van der Waals surface area contributed by atoms with Gasteiger partial charge in [0, 0.05) is 40.0 Å². The molecule has 1 aromatic heterocycles. The monoisotopic (exact) mass is 636 g/mol. The second kappa shape index (κ2) is 10.6. The third kappa shape index (κ3) is 3.90. The average Bonchev–Trinajstić information content (AvgIpc) is 3.70. The quantitative estimate of drug-likeness (QED) is 0.175. The highest BCUT2D eigenvalue weighted by Crippen LogP contribution is 2.55. The molecule has 234 valence electrons. The van der Waals surface area contributed by atoms with Crippen molar-refractivity contribution >= 4 is 60.7 Å². The summed E-state index contributed by atoms with van der Waals surface area (Å²) < 4.78 is 2.48. The molecule has 0 spiro atoms. The lowest BCUT2D eigenvalue weighted by Crippen LogP contribution is -2.34. The van der Waals surface area contributed by atoms with Crippen molar-refractivity contribution in [1.29, 1.82) is 0 Å². The minimum Gasteiger partial charge on any atom is -0.334 e. The third-order valence-corrected chi connectivity index (χ3v) is 11.0. The number of aromatic nitrogens is 1. The van der Waals surface area contributed by atoms with Crippen molar-refractivity contribution in [3.05, 3.63) is 181 Å². The van der Waals surface area contributed by atoms with E-state index in [0.717, 1.165) is 6.42 Å². The largest absolute Gasteiger partial charge is 0.334 e. The first-order chi connectivity index (χ1) is 24.8. The van der Waals surface area contributed by atoms with Gasteiger partial charge in [-0.2, -0.15) is 0 Å². The Balaban J connectivity index is 1.17. The Kier molecular flexibility index (Phi) is 5.82. The van der Waals surface area contributed by atoms with Crippen LogP contribution in [0.3, 0.4) is 0 Å². The van der Waals surface area contributed by atoms with Crippen molar-refractivity contribution in [1.82, 2.24) is 4.57 Å². The molecule has 2 heteroatoms. The fraction of sp³-hybridized carbons (Fsp3) is 0.0417. The summed E-state index contributed by atoms with van der Waals surface area (Å²) >= 11 is 0. The molecule has 11 rings (SSSR count). The van der Waals surface area contributed by atoms with Crippen LogP contribution in [0.5, 0.6) is 0 Å². The Labute approximate surface area is 290 Å². The lowest BCUT2D eigenvalue weighted by molar-refractivity contribution is 0.739. The molecular formula is C48H32N2. The number of hydrogen-bond acceptors (Lipinski definition) is 1. The van der Waals surface area contributed by atoms with Gasteiger partial charge in [0.05, 0.1) is 17.2 Å². The first kappa shape index (κ1) is 27.6. The van der Waals surface area contributed by atoms with E-state index in [0.29, 0.717) is 0 Å². The first-order valence-electron chi connectivity index (χ1n) is 17.5. The molecular weight excluding hydrogens is 605 g/mol. The second-order valence-corrected chi connectivity index (χ2v) is 13.7. The van der Waals surface area contributed by atoms with Crippen molar-refractivity contribution in [3.63, 3.8) is 0 Å². The van der Waals surface area contributed by atoms with Gasteiger partial charge in [0.25, 0.3) is 0 Å². The van der Waals surface area contributed by atoms with Gasteiger partial charge in [0.15, 0.2) is 0 Å². The normalized spacial score (nSPS) is 14.4. The fourth-order valence-corrected chi connectivity index (χ4v) is 8.91. The van der Waals surface area contributed by atoms with Crippen molar-refractivity contribution in [2.24, 2.45) is 0 Å². The number of hydrogen-bond donors (Lipinski definition) is 0. The molecule has 0 amide bonds. The third-order valence-electron chi connectivity index (χ3n) is 11.0. The highest BCUT2D eigenvalue weighted by molar-refractivity contribution is 6.25. The van der Waals surface area contributed by atoms with Crippen LogP contribution < -0.4 is 4.90 Å². The Hall–Kier alpha value is -6.38. The molecule has 2 aliphatic carbocycles. The number of benzene rings is 8. The predicted molar refractivity (Wildman–Crippen MR) is 212 cm³/mol. The Morgan fingerprint density at radius 1 is 0.520 bits per heavy atom. The maximum atomic E-state index is 2.62. The van der Waals surface area contributed by atoms with Crippen LogP contribution in [0.2, 0.25) is 0 Å². The van der Waals surface area contributed by atoms with Crippen LogP contribution in [-0.4, -0.2) is 10.6 Å². The summed E-state index contributed by atoms with van der Waals surface area (Å²) in [6, 6.07) is 60.5. The summed E-state index contributed by atoms with van der Waals surface area (Å²) in [5.41, 5.74) is 12.9. The van der Waals surface area contributed by atoms with E-state index >= 15 is 0 Å². The zero-order chi connectivity index (χ0) is 32.8. The highest BCUT2D eigenvalue weighted by atomic mass is 15.2. The topological polar surface area (TPSA) is 8.17 Å². The number of nitrogens with zero attached hydrogens (tertiary/aromatic N) is 2. The van der Waals surface area contributed by atoms with Gasteiger partial charge < -0.3 is 9.47 Å². The van der Waals surface area contributed by atoms with Crippen LogP contribution in [-0.2, 0) is 6.42 Å². The summed E-state index contributed by atoms with van der Waals surface area (Å²) in [4.78, 5) is 2.62. The van der Waals surface area contributed by atoms with E-state index in [4.69, 9.17) is 0 Å². The van der Waals surface area contributed by atoms with Crippen molar-refractivity contribution < 1.29 is 0 Å². The molecule has 1 heterocycles. The minimum atomic E-state index is 0.0848. The predicted octanol–water partition coefficient (Wildman–Crippen LogP) is 12.5. The van der Waals surface area contributed by atoms with Crippen LogP contribution in [0.15, 0.2) is 170 Å². The maximum absolute atomic E-state index is 2.62. The molecule has 1 unspecified atom stereocenters. The summed E-state index contributed by atoms with van der Waals surface area (Å²) in [5, 5.41) is 9.06. The van der Waals surface area contributed by atoms with E-state index in [2.05, 4.69) is 185 Å². The highest BCUT2D eigenvalue weighted by Gasteiger charge is 2.32. The van der Waals surface area contributed by atoms with E-state index in [1.807, 2.05) is 0 Å². The van der Waals surface area contributed by atoms with Gasteiger partial charge in [-0.05, 0) is 91.5 Å². The van der Waals surface area contributed by atoms with Crippen LogP contribution in [0.4, 0.5) is 11.4 Å². The lowest BCUT2D eigenvalue weighted by atomic mass is 9.93. The van der Waals surface area contributed by atoms with E-state index in [1.165, 1.54) is 93.8 Å². The van der Waals surface area contributed by atoms with Gasteiger partial charge >= 0.3 is 0 Å². The van der Waals surface area contributed by atoms with E-state index in [1.54, 1.807) is 0 Å². The van der Waals surface area contributed by atoms with Crippen molar-refractivity contribution in [2.45, 2.75) is 12.5 Å². The van der Waals surface area contributed by atoms with Crippen LogP contribution in [0.25, 0.3) is 77.2 Å². The Morgan fingerprint density at radius 3 is 2.14 bits per heavy atom. The number of fused-ring (bicyclic) bond motifs is 9. The smallest absolute Gasteiger partial charge is 0.0580 e. The van der Waals surface area contributed by atoms with Crippen molar-refractivity contribution in [2.75, 3.05) is 4.90 Å². The van der Waals surface area contributed by atoms with Crippen LogP contribution in [0.1, 0.15) is 11.3 Å². The fourth-order valence-electron chi connectivity index (χ4n) is 8.91. The lowest BCUT2D eigenvalue weighted by Gasteiger charge is -2.36. The van der Waals surface area contributed by atoms with Crippen LogP contribution in [0, 0.1) is 0 Å². The van der Waals surface area contributed by atoms with Gasteiger partial charge in [-0.25, -0.2) is 0 Å². The molecule has 0 radical (unpaired) electrons. The molecule has 1 atom stereocenters. The molecule has 8 aromatic carbocycles. The van der Waals surface area contributed by atoms with Gasteiger partial charge in [-0.15, -0.1) is 0 Å². The van der Waals surface area contributed by atoms with Gasteiger partial charge in [-0.3, -0.25) is 0 Å². The number of para-hydroxylation sites is 2. The molecule has 50 heavy (non-hydrogen) atoms. The second-order valence-electron chi connectivity index (χ2n) is 13.7. The maximum Gasteiger partial charge on any atom is 0.0580 e. The summed E-state index contributed by atoms with van der Waals surface area (Å²) in [7, 11) is 0.